The lowest BCUT2D eigenvalue weighted by Gasteiger charge is -2.12. The molecule has 0 aliphatic carbocycles. The van der Waals surface area contributed by atoms with Gasteiger partial charge in [0, 0.05) is 18.9 Å². The number of hydrogen-bond acceptors (Lipinski definition) is 5. The van der Waals surface area contributed by atoms with E-state index in [0.29, 0.717) is 12.8 Å². The Morgan fingerprint density at radius 1 is 0.383 bits per heavy atom. The zero-order valence-corrected chi connectivity index (χ0v) is 30.9. The summed E-state index contributed by atoms with van der Waals surface area (Å²) in [4.78, 5) is 25.8. The van der Waals surface area contributed by atoms with Crippen molar-refractivity contribution in [2.24, 2.45) is 0 Å². The second-order valence-corrected chi connectivity index (χ2v) is 14.3. The molecule has 1 rings (SSSR count). The molecule has 0 aliphatic heterocycles. The third kappa shape index (κ3) is 21.5. The maximum Gasteiger partial charge on any atom is 0.170 e. The van der Waals surface area contributed by atoms with Crippen LogP contribution in [0.4, 0.5) is 0 Å². The van der Waals surface area contributed by atoms with E-state index in [1.54, 1.807) is 0 Å². The molecule has 0 unspecified atom stereocenters. The van der Waals surface area contributed by atoms with Crippen LogP contribution in [0, 0.1) is 0 Å². The van der Waals surface area contributed by atoms with Crippen molar-refractivity contribution in [2.75, 3.05) is 0 Å². The standard InChI is InChI=1S/C42H74O5/c1-3-5-7-9-11-13-15-17-19-21-23-25-27-29-31-33-36(43)40-38(45)35-39(46)41(42(40)47)37(44)34-32-30-28-26-24-22-20-18-16-14-12-10-8-6-4-2/h35,45-47H,3-34H2,1-2H3. The first-order valence-electron chi connectivity index (χ1n) is 20.3. The molecule has 1 aromatic carbocycles. The van der Waals surface area contributed by atoms with Crippen LogP contribution in [0.2, 0.25) is 0 Å². The van der Waals surface area contributed by atoms with Gasteiger partial charge in [-0.3, -0.25) is 9.59 Å². The van der Waals surface area contributed by atoms with Crippen LogP contribution in [0.25, 0.3) is 0 Å². The van der Waals surface area contributed by atoms with Crippen LogP contribution in [-0.4, -0.2) is 26.9 Å². The third-order valence-corrected chi connectivity index (χ3v) is 9.83. The van der Waals surface area contributed by atoms with E-state index in [2.05, 4.69) is 13.8 Å². The van der Waals surface area contributed by atoms with Gasteiger partial charge in [-0.05, 0) is 12.8 Å². The molecule has 3 N–H and O–H groups in total. The molecule has 5 nitrogen and oxygen atoms in total. The Bertz CT molecular complexity index is 854. The summed E-state index contributed by atoms with van der Waals surface area (Å²) in [5.41, 5.74) is -0.457. The number of Topliss-reactive ketones (excluding diaryl/α,β-unsaturated/α-hetero) is 2. The SMILES string of the molecule is CCCCCCCCCCCCCCCCCC(=O)c1c(O)cc(O)c(C(=O)CCCCCCCCCCCCCCCCC)c1O. The minimum atomic E-state index is -0.570. The Hall–Kier alpha value is -2.04. The van der Waals surface area contributed by atoms with Gasteiger partial charge in [0.1, 0.15) is 28.4 Å². The van der Waals surface area contributed by atoms with E-state index in [0.717, 1.165) is 31.7 Å². The number of phenolic OH excluding ortho intramolecular Hbond substituents is 3. The highest BCUT2D eigenvalue weighted by Gasteiger charge is 2.26. The molecule has 0 radical (unpaired) electrons. The Morgan fingerprint density at radius 2 is 0.596 bits per heavy atom. The van der Waals surface area contributed by atoms with Crippen LogP contribution in [0.3, 0.4) is 0 Å². The van der Waals surface area contributed by atoms with Gasteiger partial charge in [-0.25, -0.2) is 0 Å². The van der Waals surface area contributed by atoms with E-state index in [9.17, 15) is 24.9 Å². The number of carbonyl (C=O) groups is 2. The first kappa shape index (κ1) is 43.0. The molecule has 0 aromatic heterocycles. The molecular weight excluding hydrogens is 584 g/mol. The largest absolute Gasteiger partial charge is 0.507 e. The fourth-order valence-electron chi connectivity index (χ4n) is 6.76. The molecule has 0 aliphatic rings. The zero-order valence-electron chi connectivity index (χ0n) is 30.9. The Labute approximate surface area is 289 Å². The van der Waals surface area contributed by atoms with Crippen LogP contribution in [-0.2, 0) is 0 Å². The van der Waals surface area contributed by atoms with Crippen molar-refractivity contribution in [2.45, 2.75) is 219 Å². The minimum absolute atomic E-state index is 0.205. The first-order valence-corrected chi connectivity index (χ1v) is 20.3. The number of ketones is 2. The molecule has 272 valence electrons. The van der Waals surface area contributed by atoms with E-state index < -0.39 is 17.2 Å². The Balaban J connectivity index is 2.20. The summed E-state index contributed by atoms with van der Waals surface area (Å²) in [5.74, 6) is -2.25. The van der Waals surface area contributed by atoms with Gasteiger partial charge in [0.25, 0.3) is 0 Å². The highest BCUT2D eigenvalue weighted by molar-refractivity contribution is 6.08. The molecule has 0 atom stereocenters. The van der Waals surface area contributed by atoms with Crippen molar-refractivity contribution in [3.8, 4) is 17.2 Å². The fraction of sp³-hybridized carbons (Fsp3) is 0.810. The van der Waals surface area contributed by atoms with Crippen LogP contribution in [0.5, 0.6) is 17.2 Å². The van der Waals surface area contributed by atoms with Gasteiger partial charge in [0.05, 0.1) is 0 Å². The summed E-state index contributed by atoms with van der Waals surface area (Å²) in [6.07, 6.45) is 37.6. The quantitative estimate of drug-likeness (QED) is 0.0506. The summed E-state index contributed by atoms with van der Waals surface area (Å²) in [6, 6.07) is 1.03. The first-order chi connectivity index (χ1) is 22.9. The van der Waals surface area contributed by atoms with E-state index in [1.165, 1.54) is 154 Å². The van der Waals surface area contributed by atoms with Gasteiger partial charge in [0.2, 0.25) is 0 Å². The molecule has 0 saturated heterocycles. The molecule has 47 heavy (non-hydrogen) atoms. The molecular formula is C42H74O5. The van der Waals surface area contributed by atoms with Crippen molar-refractivity contribution >= 4 is 11.6 Å². The molecule has 1 aromatic rings. The number of carbonyl (C=O) groups excluding carboxylic acids is 2. The fourth-order valence-corrected chi connectivity index (χ4v) is 6.76. The van der Waals surface area contributed by atoms with Crippen molar-refractivity contribution in [1.29, 1.82) is 0 Å². The lowest BCUT2D eigenvalue weighted by atomic mass is 9.95. The summed E-state index contributed by atoms with van der Waals surface area (Å²) in [5, 5.41) is 31.5. The highest BCUT2D eigenvalue weighted by atomic mass is 16.3. The Kier molecular flexibility index (Phi) is 27.5. The predicted octanol–water partition coefficient (Wildman–Crippen LogP) is 13.7. The van der Waals surface area contributed by atoms with Crippen molar-refractivity contribution in [3.05, 3.63) is 17.2 Å². The Morgan fingerprint density at radius 3 is 0.830 bits per heavy atom. The van der Waals surface area contributed by atoms with Crippen LogP contribution >= 0.6 is 0 Å². The molecule has 0 heterocycles. The number of hydrogen-bond donors (Lipinski definition) is 3. The molecule has 0 amide bonds. The molecule has 0 fully saturated rings. The van der Waals surface area contributed by atoms with Crippen molar-refractivity contribution in [1.82, 2.24) is 0 Å². The van der Waals surface area contributed by atoms with Crippen molar-refractivity contribution < 1.29 is 24.9 Å². The average Bonchev–Trinajstić information content (AvgIpc) is 3.04. The second kappa shape index (κ2) is 30.1. The predicted molar refractivity (Wildman–Crippen MR) is 199 cm³/mol. The van der Waals surface area contributed by atoms with Gasteiger partial charge in [-0.1, -0.05) is 194 Å². The van der Waals surface area contributed by atoms with Crippen molar-refractivity contribution in [3.63, 3.8) is 0 Å². The van der Waals surface area contributed by atoms with E-state index in [1.807, 2.05) is 0 Å². The van der Waals surface area contributed by atoms with Crippen LogP contribution < -0.4 is 0 Å². The lowest BCUT2D eigenvalue weighted by Crippen LogP contribution is -2.06. The van der Waals surface area contributed by atoms with E-state index in [4.69, 9.17) is 0 Å². The number of unbranched alkanes of at least 4 members (excludes halogenated alkanes) is 28. The third-order valence-electron chi connectivity index (χ3n) is 9.83. The number of rotatable bonds is 34. The summed E-state index contributed by atoms with van der Waals surface area (Å²) in [7, 11) is 0. The van der Waals surface area contributed by atoms with Gasteiger partial charge in [0.15, 0.2) is 11.6 Å². The van der Waals surface area contributed by atoms with Gasteiger partial charge < -0.3 is 15.3 Å². The summed E-state index contributed by atoms with van der Waals surface area (Å²) < 4.78 is 0. The normalized spacial score (nSPS) is 11.4. The number of phenols is 3. The smallest absolute Gasteiger partial charge is 0.170 e. The highest BCUT2D eigenvalue weighted by Crippen LogP contribution is 2.39. The molecule has 0 saturated carbocycles. The molecule has 0 bridgehead atoms. The zero-order chi connectivity index (χ0) is 34.4. The van der Waals surface area contributed by atoms with Crippen LogP contribution in [0.1, 0.15) is 240 Å². The molecule has 0 spiro atoms. The van der Waals surface area contributed by atoms with Gasteiger partial charge in [-0.15, -0.1) is 0 Å². The van der Waals surface area contributed by atoms with Gasteiger partial charge >= 0.3 is 0 Å². The lowest BCUT2D eigenvalue weighted by molar-refractivity contribution is 0.0971. The average molecular weight is 659 g/mol. The van der Waals surface area contributed by atoms with Crippen LogP contribution in [0.15, 0.2) is 6.07 Å². The summed E-state index contributed by atoms with van der Waals surface area (Å²) >= 11 is 0. The monoisotopic (exact) mass is 659 g/mol. The van der Waals surface area contributed by atoms with Gasteiger partial charge in [-0.2, -0.15) is 0 Å². The topological polar surface area (TPSA) is 94.8 Å². The number of aromatic hydroxyl groups is 3. The number of benzene rings is 1. The summed E-state index contributed by atoms with van der Waals surface area (Å²) in [6.45, 7) is 4.52. The van der Waals surface area contributed by atoms with E-state index in [-0.39, 0.29) is 35.5 Å². The maximum absolute atomic E-state index is 12.9. The van der Waals surface area contributed by atoms with E-state index >= 15 is 0 Å². The second-order valence-electron chi connectivity index (χ2n) is 14.3. The minimum Gasteiger partial charge on any atom is -0.507 e. The molecule has 5 heteroatoms. The maximum atomic E-state index is 12.9.